The van der Waals surface area contributed by atoms with Crippen LogP contribution in [0, 0.1) is 24.2 Å². The van der Waals surface area contributed by atoms with Gasteiger partial charge in [-0.05, 0) is 74.1 Å². The Morgan fingerprint density at radius 2 is 1.84 bits per heavy atom. The van der Waals surface area contributed by atoms with E-state index in [0.29, 0.717) is 35.6 Å². The third kappa shape index (κ3) is 4.50. The van der Waals surface area contributed by atoms with Crippen LogP contribution in [0.3, 0.4) is 0 Å². The molecule has 5 heterocycles. The van der Waals surface area contributed by atoms with Crippen LogP contribution in [0.4, 0.5) is 0 Å². The molecule has 3 atom stereocenters. The van der Waals surface area contributed by atoms with Crippen LogP contribution in [0.25, 0.3) is 0 Å². The number of aliphatic hydroxyl groups excluding tert-OH is 2. The van der Waals surface area contributed by atoms with Crippen LogP contribution >= 0.6 is 0 Å². The molecule has 43 heavy (non-hydrogen) atoms. The maximum absolute atomic E-state index is 12.2. The van der Waals surface area contributed by atoms with Gasteiger partial charge in [-0.2, -0.15) is 0 Å². The van der Waals surface area contributed by atoms with Crippen molar-refractivity contribution in [2.45, 2.75) is 66.4 Å². The van der Waals surface area contributed by atoms with Gasteiger partial charge in [0.15, 0.2) is 0 Å². The van der Waals surface area contributed by atoms with Crippen molar-refractivity contribution in [2.75, 3.05) is 7.11 Å². The van der Waals surface area contributed by atoms with Gasteiger partial charge in [0, 0.05) is 52.8 Å². The van der Waals surface area contributed by atoms with E-state index in [1.807, 2.05) is 39.0 Å². The topological polar surface area (TPSA) is 116 Å². The van der Waals surface area contributed by atoms with Gasteiger partial charge in [0.2, 0.25) is 0 Å². The number of aliphatic imine (C=N–C) groups is 3. The van der Waals surface area contributed by atoms with Gasteiger partial charge in [-0.1, -0.05) is 19.8 Å². The van der Waals surface area contributed by atoms with Crippen LogP contribution in [0.1, 0.15) is 60.3 Å². The van der Waals surface area contributed by atoms with Gasteiger partial charge in [0.25, 0.3) is 0 Å². The van der Waals surface area contributed by atoms with E-state index in [9.17, 15) is 15.0 Å². The molecule has 0 radical (unpaired) electrons. The number of allylic oxidation sites excluding steroid dienone is 11. The van der Waals surface area contributed by atoms with E-state index in [4.69, 9.17) is 26.1 Å². The van der Waals surface area contributed by atoms with Crippen molar-refractivity contribution in [3.05, 3.63) is 91.5 Å². The van der Waals surface area contributed by atoms with Crippen LogP contribution in [0.2, 0.25) is 0 Å². The summed E-state index contributed by atoms with van der Waals surface area (Å²) < 4.78 is 4.96. The number of ether oxygens (including phenoxy) is 1. The second-order valence-corrected chi connectivity index (χ2v) is 11.7. The number of terminal acetylenes is 1. The predicted molar refractivity (Wildman–Crippen MR) is 168 cm³/mol. The summed E-state index contributed by atoms with van der Waals surface area (Å²) in [5.74, 6) is 2.47. The third-order valence-electron chi connectivity index (χ3n) is 9.42. The third-order valence-corrected chi connectivity index (χ3v) is 9.42. The maximum Gasteiger partial charge on any atom is 0.305 e. The minimum Gasteiger partial charge on any atom is -0.511 e. The Kier molecular flexibility index (Phi) is 7.10. The summed E-state index contributed by atoms with van der Waals surface area (Å²) in [7, 11) is 1.40. The molecule has 1 aliphatic carbocycles. The molecule has 0 aromatic carbocycles. The van der Waals surface area contributed by atoms with E-state index < -0.39 is 6.10 Å². The lowest BCUT2D eigenvalue weighted by Gasteiger charge is -2.17. The quantitative estimate of drug-likeness (QED) is 0.291. The number of hydrogen-bond acceptors (Lipinski definition) is 8. The van der Waals surface area contributed by atoms with Gasteiger partial charge in [0.05, 0.1) is 41.3 Å². The fourth-order valence-electron chi connectivity index (χ4n) is 6.93. The Morgan fingerprint density at radius 3 is 2.53 bits per heavy atom. The second kappa shape index (κ2) is 10.7. The molecule has 0 unspecified atom stereocenters. The van der Waals surface area contributed by atoms with Crippen molar-refractivity contribution < 1.29 is 19.7 Å². The Labute approximate surface area is 252 Å². The number of carbonyl (C=O) groups excluding carboxylic acids is 1. The molecule has 1 fully saturated rings. The highest BCUT2D eigenvalue weighted by Gasteiger charge is 2.41. The molecule has 0 saturated carbocycles. The molecule has 220 valence electrons. The number of hydrogen-bond donors (Lipinski definition) is 3. The number of fused-ring (bicyclic) bond motifs is 5. The smallest absolute Gasteiger partial charge is 0.305 e. The van der Waals surface area contributed by atoms with Crippen LogP contribution in [0.15, 0.2) is 106 Å². The van der Waals surface area contributed by atoms with Gasteiger partial charge in [-0.15, -0.1) is 6.42 Å². The molecular weight excluding hydrogens is 540 g/mol. The van der Waals surface area contributed by atoms with Crippen LogP contribution in [-0.2, 0) is 9.53 Å². The molecule has 3 N–H and O–H groups in total. The van der Waals surface area contributed by atoms with E-state index in [2.05, 4.69) is 25.1 Å². The van der Waals surface area contributed by atoms with Gasteiger partial charge < -0.3 is 20.3 Å². The summed E-state index contributed by atoms with van der Waals surface area (Å²) in [6.45, 7) is 10.2. The highest BCUT2D eigenvalue weighted by molar-refractivity contribution is 6.21. The number of rotatable bonds is 5. The number of carbonyl (C=O) groups is 1. The molecule has 8 heteroatoms. The summed E-state index contributed by atoms with van der Waals surface area (Å²) in [5, 5.41) is 25.7. The molecule has 8 bridgehead atoms. The molecule has 0 aromatic heterocycles. The van der Waals surface area contributed by atoms with Crippen molar-refractivity contribution >= 4 is 23.1 Å². The number of esters is 1. The summed E-state index contributed by atoms with van der Waals surface area (Å²) in [6.07, 6.45) is 12.5. The summed E-state index contributed by atoms with van der Waals surface area (Å²) in [6, 6.07) is 0. The Hall–Kier alpha value is -4.48. The Bertz CT molecular complexity index is 1770. The normalized spacial score (nSPS) is 25.0. The second-order valence-electron chi connectivity index (χ2n) is 11.7. The van der Waals surface area contributed by atoms with Crippen molar-refractivity contribution in [1.82, 2.24) is 5.32 Å². The molecule has 0 amide bonds. The van der Waals surface area contributed by atoms with Crippen LogP contribution in [-0.4, -0.2) is 46.5 Å². The molecule has 6 aliphatic rings. The van der Waals surface area contributed by atoms with E-state index in [1.54, 1.807) is 0 Å². The summed E-state index contributed by atoms with van der Waals surface area (Å²) in [4.78, 5) is 27.2. The lowest BCUT2D eigenvalue weighted by atomic mass is 9.86. The Balaban J connectivity index is 1.61. The molecular formula is C35H36N4O4. The van der Waals surface area contributed by atoms with E-state index in [0.717, 1.165) is 74.1 Å². The molecule has 0 aromatic rings. The molecule has 1 saturated heterocycles. The molecule has 5 aliphatic heterocycles. The zero-order valence-corrected chi connectivity index (χ0v) is 25.4. The maximum atomic E-state index is 12.2. The molecule has 8 nitrogen and oxygen atoms in total. The SMILES string of the molecule is C#C[C@@H](O)C1=C(C)C2=NC1=CC1=NC(=CC3=C(C)C4=C(O)CC(=C5NC(=C2)[C@@H](C)[C@@H]5CCC(=O)OC)C4=N3)C(CC)=C1C. The standard InChI is InChI=1S/C35H36N4O4/c1-8-20-16(3)23-15-28-32(29(40)9-2)18(5)25(37-28)13-24-17(4)21(10-11-31(42)43-7)34(38-24)22-12-30(41)33-19(6)26(39-35(22)33)14-27(20)36-23/h2,13-15,17,21,29,38,40-41H,8,10-12H2,1,3-7H3/t17-,21-,29+/m0/s1. The van der Waals surface area contributed by atoms with Crippen molar-refractivity contribution in [1.29, 1.82) is 0 Å². The fourth-order valence-corrected chi connectivity index (χ4v) is 6.93. The lowest BCUT2D eigenvalue weighted by Crippen LogP contribution is -2.16. The number of methoxy groups -OCH3 is 1. The van der Waals surface area contributed by atoms with Gasteiger partial charge in [-0.25, -0.2) is 15.0 Å². The number of aliphatic hydroxyl groups is 2. The van der Waals surface area contributed by atoms with Crippen molar-refractivity contribution in [2.24, 2.45) is 26.8 Å². The first-order valence-corrected chi connectivity index (χ1v) is 14.8. The van der Waals surface area contributed by atoms with E-state index >= 15 is 0 Å². The average Bonchev–Trinajstić information content (AvgIpc) is 3.74. The molecule has 6 rings (SSSR count). The van der Waals surface area contributed by atoms with Crippen molar-refractivity contribution in [3.8, 4) is 12.3 Å². The van der Waals surface area contributed by atoms with Crippen LogP contribution in [0.5, 0.6) is 0 Å². The first-order valence-electron chi connectivity index (χ1n) is 14.8. The first-order chi connectivity index (χ1) is 20.6. The predicted octanol–water partition coefficient (Wildman–Crippen LogP) is 5.61. The van der Waals surface area contributed by atoms with E-state index in [-0.39, 0.29) is 24.2 Å². The van der Waals surface area contributed by atoms with Crippen LogP contribution < -0.4 is 5.32 Å². The first kappa shape index (κ1) is 28.6. The number of nitrogens with one attached hydrogen (secondary N) is 1. The monoisotopic (exact) mass is 576 g/mol. The summed E-state index contributed by atoms with van der Waals surface area (Å²) in [5.41, 5.74) is 12.4. The molecule has 0 spiro atoms. The minimum absolute atomic E-state index is 0.00824. The Morgan fingerprint density at radius 1 is 1.12 bits per heavy atom. The highest BCUT2D eigenvalue weighted by Crippen LogP contribution is 2.46. The number of nitrogens with zero attached hydrogens (tertiary/aromatic N) is 3. The summed E-state index contributed by atoms with van der Waals surface area (Å²) >= 11 is 0. The highest BCUT2D eigenvalue weighted by atomic mass is 16.5. The minimum atomic E-state index is -1.12. The van der Waals surface area contributed by atoms with E-state index in [1.165, 1.54) is 7.11 Å². The lowest BCUT2D eigenvalue weighted by molar-refractivity contribution is -0.140. The fraction of sp³-hybridized carbons (Fsp3) is 0.371. The average molecular weight is 577 g/mol. The van der Waals surface area contributed by atoms with Gasteiger partial charge >= 0.3 is 5.97 Å². The van der Waals surface area contributed by atoms with Crippen molar-refractivity contribution in [3.63, 3.8) is 0 Å². The van der Waals surface area contributed by atoms with Gasteiger partial charge in [0.1, 0.15) is 11.9 Å². The van der Waals surface area contributed by atoms with Gasteiger partial charge in [-0.3, -0.25) is 4.79 Å². The zero-order valence-electron chi connectivity index (χ0n) is 25.4. The largest absolute Gasteiger partial charge is 0.511 e. The zero-order chi connectivity index (χ0) is 30.7.